The van der Waals surface area contributed by atoms with Gasteiger partial charge in [-0.1, -0.05) is 6.92 Å². The molecule has 0 bridgehead atoms. The predicted octanol–water partition coefficient (Wildman–Crippen LogP) is 0.675. The van der Waals surface area contributed by atoms with Crippen molar-refractivity contribution >= 4 is 0 Å². The van der Waals surface area contributed by atoms with Crippen LogP contribution < -0.4 is 5.73 Å². The average Bonchev–Trinajstić information content (AvgIpc) is 1.88. The van der Waals surface area contributed by atoms with Crippen LogP contribution in [0, 0.1) is 5.92 Å². The number of piperidine rings is 1. The largest absolute Gasteiger partial charge is 0.329 e. The van der Waals surface area contributed by atoms with Gasteiger partial charge in [0.15, 0.2) is 0 Å². The minimum atomic E-state index is 0.633. The van der Waals surface area contributed by atoms with Crippen molar-refractivity contribution in [3.05, 3.63) is 0 Å². The van der Waals surface area contributed by atoms with Crippen molar-refractivity contribution in [3.8, 4) is 0 Å². The van der Waals surface area contributed by atoms with E-state index in [1.165, 1.54) is 19.4 Å². The van der Waals surface area contributed by atoms with E-state index in [-0.39, 0.29) is 0 Å². The lowest BCUT2D eigenvalue weighted by Gasteiger charge is -2.36. The molecule has 0 aromatic rings. The summed E-state index contributed by atoms with van der Waals surface area (Å²) in [5.41, 5.74) is 5.64. The summed E-state index contributed by atoms with van der Waals surface area (Å²) >= 11 is 0. The molecule has 0 aromatic carbocycles. The van der Waals surface area contributed by atoms with Gasteiger partial charge in [-0.25, -0.2) is 0 Å². The van der Waals surface area contributed by atoms with Crippen molar-refractivity contribution in [2.24, 2.45) is 11.7 Å². The van der Waals surface area contributed by atoms with Gasteiger partial charge in [0, 0.05) is 12.6 Å². The summed E-state index contributed by atoms with van der Waals surface area (Å²) in [6.45, 7) is 4.34. The van der Waals surface area contributed by atoms with Gasteiger partial charge in [-0.3, -0.25) is 0 Å². The molecule has 2 atom stereocenters. The first-order valence-electron chi connectivity index (χ1n) is 4.16. The molecule has 0 amide bonds. The highest BCUT2D eigenvalue weighted by Crippen LogP contribution is 2.20. The highest BCUT2D eigenvalue weighted by Gasteiger charge is 2.23. The molecule has 0 radical (unpaired) electrons. The molecule has 1 aliphatic rings. The molecule has 1 heterocycles. The Morgan fingerprint density at radius 1 is 1.60 bits per heavy atom. The number of hydrogen-bond acceptors (Lipinski definition) is 2. The molecule has 1 rings (SSSR count). The summed E-state index contributed by atoms with van der Waals surface area (Å²) in [6.07, 6.45) is 2.69. The molecule has 60 valence electrons. The Bertz CT molecular complexity index is 93.4. The lowest BCUT2D eigenvalue weighted by molar-refractivity contribution is 0.136. The lowest BCUT2D eigenvalue weighted by atomic mass is 9.91. The molecule has 1 saturated heterocycles. The van der Waals surface area contributed by atoms with Gasteiger partial charge in [0.05, 0.1) is 0 Å². The smallest absolute Gasteiger partial charge is 0.0240 e. The number of nitrogens with two attached hydrogens (primary N) is 1. The second-order valence-electron chi connectivity index (χ2n) is 3.40. The van der Waals surface area contributed by atoms with E-state index in [0.29, 0.717) is 6.04 Å². The Kier molecular flexibility index (Phi) is 2.69. The summed E-state index contributed by atoms with van der Waals surface area (Å²) in [6, 6.07) is 0.633. The van der Waals surface area contributed by atoms with Gasteiger partial charge < -0.3 is 10.6 Å². The SMILES string of the molecule is C[C@@H]1CCCN(C)[C@H]1CN. The Morgan fingerprint density at radius 3 is 2.70 bits per heavy atom. The molecular weight excluding hydrogens is 124 g/mol. The van der Waals surface area contributed by atoms with Crippen molar-refractivity contribution in [1.29, 1.82) is 0 Å². The fourth-order valence-electron chi connectivity index (χ4n) is 1.87. The van der Waals surface area contributed by atoms with Crippen LogP contribution in [0.5, 0.6) is 0 Å². The summed E-state index contributed by atoms with van der Waals surface area (Å²) in [5, 5.41) is 0. The van der Waals surface area contributed by atoms with Crippen LogP contribution in [0.25, 0.3) is 0 Å². The van der Waals surface area contributed by atoms with E-state index in [4.69, 9.17) is 5.73 Å². The van der Waals surface area contributed by atoms with Crippen LogP contribution in [-0.4, -0.2) is 31.1 Å². The number of likely N-dealkylation sites (N-methyl/N-ethyl adjacent to an activating group) is 1. The molecule has 0 spiro atoms. The maximum absolute atomic E-state index is 5.64. The summed E-state index contributed by atoms with van der Waals surface area (Å²) in [5.74, 6) is 0.795. The van der Waals surface area contributed by atoms with Crippen LogP contribution in [0.15, 0.2) is 0 Å². The maximum Gasteiger partial charge on any atom is 0.0240 e. The van der Waals surface area contributed by atoms with E-state index in [0.717, 1.165) is 12.5 Å². The lowest BCUT2D eigenvalue weighted by Crippen LogP contribution is -2.46. The van der Waals surface area contributed by atoms with E-state index < -0.39 is 0 Å². The molecule has 10 heavy (non-hydrogen) atoms. The molecule has 2 heteroatoms. The predicted molar refractivity (Wildman–Crippen MR) is 43.9 cm³/mol. The highest BCUT2D eigenvalue weighted by atomic mass is 15.1. The first-order valence-corrected chi connectivity index (χ1v) is 4.16. The molecular formula is C8H18N2. The van der Waals surface area contributed by atoms with Crippen molar-refractivity contribution in [3.63, 3.8) is 0 Å². The topological polar surface area (TPSA) is 29.3 Å². The monoisotopic (exact) mass is 142 g/mol. The van der Waals surface area contributed by atoms with Crippen molar-refractivity contribution < 1.29 is 0 Å². The van der Waals surface area contributed by atoms with Crippen molar-refractivity contribution in [2.45, 2.75) is 25.8 Å². The summed E-state index contributed by atoms with van der Waals surface area (Å²) < 4.78 is 0. The minimum Gasteiger partial charge on any atom is -0.329 e. The molecule has 1 fully saturated rings. The van der Waals surface area contributed by atoms with E-state index >= 15 is 0 Å². The first-order chi connectivity index (χ1) is 4.75. The Labute approximate surface area is 63.4 Å². The zero-order valence-corrected chi connectivity index (χ0v) is 7.01. The molecule has 1 aliphatic heterocycles. The van der Waals surface area contributed by atoms with Crippen LogP contribution in [0.3, 0.4) is 0 Å². The highest BCUT2D eigenvalue weighted by molar-refractivity contribution is 4.80. The fourth-order valence-corrected chi connectivity index (χ4v) is 1.87. The molecule has 2 N–H and O–H groups in total. The van der Waals surface area contributed by atoms with Crippen LogP contribution in [0.2, 0.25) is 0 Å². The Morgan fingerprint density at radius 2 is 2.30 bits per heavy atom. The van der Waals surface area contributed by atoms with Gasteiger partial charge in [-0.05, 0) is 32.4 Å². The summed E-state index contributed by atoms with van der Waals surface area (Å²) in [7, 11) is 2.17. The van der Waals surface area contributed by atoms with Crippen molar-refractivity contribution in [2.75, 3.05) is 20.1 Å². The summed E-state index contributed by atoms with van der Waals surface area (Å²) in [4.78, 5) is 2.38. The Balaban J connectivity index is 2.45. The van der Waals surface area contributed by atoms with Gasteiger partial charge in [-0.2, -0.15) is 0 Å². The van der Waals surface area contributed by atoms with E-state index in [1.807, 2.05) is 0 Å². The van der Waals surface area contributed by atoms with Gasteiger partial charge in [0.1, 0.15) is 0 Å². The molecule has 0 aromatic heterocycles. The standard InChI is InChI=1S/C8H18N2/c1-7-4-3-5-10(2)8(7)6-9/h7-8H,3-6,9H2,1-2H3/t7-,8+/m1/s1. The maximum atomic E-state index is 5.64. The molecule has 0 saturated carbocycles. The van der Waals surface area contributed by atoms with Gasteiger partial charge >= 0.3 is 0 Å². The van der Waals surface area contributed by atoms with Crippen molar-refractivity contribution in [1.82, 2.24) is 4.90 Å². The third kappa shape index (κ3) is 1.50. The van der Waals surface area contributed by atoms with Gasteiger partial charge in [-0.15, -0.1) is 0 Å². The van der Waals surface area contributed by atoms with Crippen LogP contribution in [-0.2, 0) is 0 Å². The number of hydrogen-bond donors (Lipinski definition) is 1. The van der Waals surface area contributed by atoms with Gasteiger partial charge in [0.2, 0.25) is 0 Å². The second kappa shape index (κ2) is 3.35. The average molecular weight is 142 g/mol. The fraction of sp³-hybridized carbons (Fsp3) is 1.00. The number of rotatable bonds is 1. The van der Waals surface area contributed by atoms with Crippen LogP contribution in [0.4, 0.5) is 0 Å². The second-order valence-corrected chi connectivity index (χ2v) is 3.40. The quantitative estimate of drug-likeness (QED) is 0.583. The third-order valence-electron chi connectivity index (χ3n) is 2.63. The van der Waals surface area contributed by atoms with Crippen LogP contribution in [0.1, 0.15) is 19.8 Å². The number of nitrogens with zero attached hydrogens (tertiary/aromatic N) is 1. The van der Waals surface area contributed by atoms with Crippen LogP contribution >= 0.6 is 0 Å². The first kappa shape index (κ1) is 8.02. The molecule has 0 aliphatic carbocycles. The zero-order valence-electron chi connectivity index (χ0n) is 7.01. The zero-order chi connectivity index (χ0) is 7.56. The van der Waals surface area contributed by atoms with E-state index in [2.05, 4.69) is 18.9 Å². The third-order valence-corrected chi connectivity index (χ3v) is 2.63. The van der Waals surface area contributed by atoms with Gasteiger partial charge in [0.25, 0.3) is 0 Å². The molecule has 0 unspecified atom stereocenters. The normalized spacial score (nSPS) is 36.3. The Hall–Kier alpha value is -0.0800. The van der Waals surface area contributed by atoms with E-state index in [9.17, 15) is 0 Å². The molecule has 2 nitrogen and oxygen atoms in total. The number of likely N-dealkylation sites (tertiary alicyclic amines) is 1. The minimum absolute atomic E-state index is 0.633. The van der Waals surface area contributed by atoms with E-state index in [1.54, 1.807) is 0 Å².